The van der Waals surface area contributed by atoms with Crippen molar-refractivity contribution in [2.45, 2.75) is 62.7 Å². The molecule has 2 fully saturated rings. The van der Waals surface area contributed by atoms with Gasteiger partial charge in [0.15, 0.2) is 29.6 Å². The molecule has 2 aliphatic rings. The molecule has 0 bridgehead atoms. The summed E-state index contributed by atoms with van der Waals surface area (Å²) >= 11 is 6.00. The first-order valence-corrected chi connectivity index (χ1v) is 17.6. The topological polar surface area (TPSA) is 292 Å². The molecule has 0 radical (unpaired) electrons. The van der Waals surface area contributed by atoms with Crippen LogP contribution in [-0.4, -0.2) is 81.2 Å². The molecule has 5 atom stereocenters. The lowest BCUT2D eigenvalue weighted by atomic mass is 10.2. The van der Waals surface area contributed by atoms with Crippen molar-refractivity contribution < 1.29 is 28.4 Å². The number of nitrogens with one attached hydrogen (secondary N) is 1. The molecule has 21 heteroatoms. The number of rotatable bonds is 6. The maximum absolute atomic E-state index is 12.1. The lowest BCUT2D eigenvalue weighted by Gasteiger charge is -2.23. The first kappa shape index (κ1) is 33.0. The van der Waals surface area contributed by atoms with Crippen molar-refractivity contribution in [1.29, 1.82) is 0 Å². The van der Waals surface area contributed by atoms with Crippen molar-refractivity contribution >= 4 is 60.6 Å². The Bertz CT molecular complexity index is 1770. The van der Waals surface area contributed by atoms with Crippen molar-refractivity contribution in [3.63, 3.8) is 0 Å². The fourth-order valence-electron chi connectivity index (χ4n) is 4.94. The van der Waals surface area contributed by atoms with Crippen LogP contribution in [0.1, 0.15) is 25.7 Å². The highest BCUT2D eigenvalue weighted by atomic mass is 35.5. The Morgan fingerprint density at radius 3 is 2.05 bits per heavy atom. The smallest absolute Gasteiger partial charge is 0.280 e. The van der Waals surface area contributed by atoms with Crippen LogP contribution in [-0.2, 0) is 31.7 Å². The van der Waals surface area contributed by atoms with E-state index in [1.807, 2.05) is 4.57 Å². The number of hydrogen-bond acceptors (Lipinski definition) is 13. The zero-order valence-electron chi connectivity index (χ0n) is 23.7. The van der Waals surface area contributed by atoms with Crippen molar-refractivity contribution in [2.75, 3.05) is 24.8 Å². The average Bonchev–Trinajstić information content (AvgIpc) is 3.67. The number of aromatic nitrogens is 8. The van der Waals surface area contributed by atoms with Gasteiger partial charge in [0.05, 0.1) is 38.0 Å². The lowest BCUT2D eigenvalue weighted by Crippen LogP contribution is -2.21. The predicted molar refractivity (Wildman–Crippen MR) is 158 cm³/mol. The molecule has 10 N–H and O–H groups in total. The zero-order valence-corrected chi connectivity index (χ0v) is 26.2. The van der Waals surface area contributed by atoms with Gasteiger partial charge in [-0.1, -0.05) is 11.6 Å². The summed E-state index contributed by atoms with van der Waals surface area (Å²) in [6, 6.07) is 0. The predicted octanol–water partition coefficient (Wildman–Crippen LogP) is 1.32. The number of hydrogen-bond donors (Lipinski definition) is 5. The SMILES string of the molecule is CP(C)(=O)[C@H]1CC[C@H](Cn2cnc3c(Cl)nc(N)nc32)O1.Nc1nc2c(ncn2C[C@H]2CCC(P(=O)([O-])O)O2)c(=O)[nH]1.[NH4+]. The van der Waals surface area contributed by atoms with E-state index in [9.17, 15) is 18.8 Å². The van der Waals surface area contributed by atoms with Crippen molar-refractivity contribution in [3.8, 4) is 0 Å². The largest absolute Gasteiger partial charge is 0.777 e. The van der Waals surface area contributed by atoms with Gasteiger partial charge < -0.3 is 55.1 Å². The number of aromatic amines is 1. The van der Waals surface area contributed by atoms with Gasteiger partial charge in [0, 0.05) is 0 Å². The summed E-state index contributed by atoms with van der Waals surface area (Å²) in [5.74, 6) is -1.25. The summed E-state index contributed by atoms with van der Waals surface area (Å²) in [4.78, 5) is 54.2. The number of anilines is 2. The van der Waals surface area contributed by atoms with Crippen LogP contribution in [0.3, 0.4) is 0 Å². The number of fused-ring (bicyclic) bond motifs is 2. The third-order valence-corrected chi connectivity index (χ3v) is 10.1. The maximum Gasteiger partial charge on any atom is 0.280 e. The van der Waals surface area contributed by atoms with Crippen molar-refractivity contribution in [2.24, 2.45) is 0 Å². The minimum Gasteiger partial charge on any atom is -0.777 e. The Morgan fingerprint density at radius 2 is 1.51 bits per heavy atom. The van der Waals surface area contributed by atoms with Crippen molar-refractivity contribution in [3.05, 3.63) is 28.2 Å². The number of nitrogens with zero attached hydrogens (tertiary/aromatic N) is 7. The van der Waals surface area contributed by atoms with Gasteiger partial charge in [0.25, 0.3) is 5.56 Å². The fourth-order valence-corrected chi connectivity index (χ4v) is 7.20. The molecule has 2 aliphatic heterocycles. The van der Waals surface area contributed by atoms with E-state index in [0.717, 1.165) is 12.8 Å². The van der Waals surface area contributed by atoms with E-state index in [1.54, 1.807) is 24.2 Å². The van der Waals surface area contributed by atoms with Crippen LogP contribution in [0.5, 0.6) is 0 Å². The Labute approximate surface area is 249 Å². The second-order valence-electron chi connectivity index (χ2n) is 10.5. The van der Waals surface area contributed by atoms with Crippen LogP contribution in [0.4, 0.5) is 11.9 Å². The summed E-state index contributed by atoms with van der Waals surface area (Å²) in [7, 11) is -6.71. The molecule has 6 rings (SSSR count). The van der Waals surface area contributed by atoms with Crippen LogP contribution in [0.25, 0.3) is 22.3 Å². The number of nitrogens with two attached hydrogens (primary N) is 2. The monoisotopic (exact) mass is 661 g/mol. The van der Waals surface area contributed by atoms with E-state index in [2.05, 4.69) is 29.9 Å². The summed E-state index contributed by atoms with van der Waals surface area (Å²) in [5.41, 5.74) is 12.2. The summed E-state index contributed by atoms with van der Waals surface area (Å²) < 4.78 is 37.7. The Morgan fingerprint density at radius 1 is 0.977 bits per heavy atom. The van der Waals surface area contributed by atoms with Gasteiger partial charge in [0.2, 0.25) is 11.9 Å². The highest BCUT2D eigenvalue weighted by Crippen LogP contribution is 2.49. The van der Waals surface area contributed by atoms with Crippen LogP contribution in [0, 0.1) is 0 Å². The molecule has 2 unspecified atom stereocenters. The first-order valence-electron chi connectivity index (χ1n) is 12.9. The summed E-state index contributed by atoms with van der Waals surface area (Å²) in [5, 5.41) is 0.244. The molecule has 0 amide bonds. The van der Waals surface area contributed by atoms with E-state index < -0.39 is 32.2 Å². The zero-order chi connectivity index (χ0) is 30.4. The number of nitrogen functional groups attached to an aromatic ring is 2. The second kappa shape index (κ2) is 12.6. The van der Waals surface area contributed by atoms with Gasteiger partial charge in [-0.25, -0.2) is 9.97 Å². The number of H-pyrrole nitrogens is 1. The van der Waals surface area contributed by atoms with Gasteiger partial charge in [-0.3, -0.25) is 9.78 Å². The summed E-state index contributed by atoms with van der Waals surface area (Å²) in [6.45, 7) is 4.38. The Kier molecular flexibility index (Phi) is 9.64. The molecule has 4 aromatic rings. The van der Waals surface area contributed by atoms with Gasteiger partial charge in [-0.2, -0.15) is 15.0 Å². The molecule has 0 aliphatic carbocycles. The molecule has 0 saturated carbocycles. The van der Waals surface area contributed by atoms with E-state index in [-0.39, 0.29) is 53.6 Å². The standard InChI is InChI=1S/C12H17ClN5O2P.C10H14N5O5P.H3N/c1-21(2,19)8-4-3-7(20-8)5-18-6-15-9-10(13)16-12(14)17-11(9)18;11-10-13-8-7(9(16)14-10)12-4-15(8)3-5-1-2-6(20-5)21(17,18)19;/h6-8H,3-5H2,1-2H3,(H2,14,16,17);4-6H,1-3H2,(H2,17,18,19)(H3,11,13,14,16);1H3/t7-,8+;5-,6?;/m11./s1. The molecular formula is C22H34ClN11O7P2. The van der Waals surface area contributed by atoms with Crippen LogP contribution in [0.15, 0.2) is 17.4 Å². The van der Waals surface area contributed by atoms with E-state index >= 15 is 0 Å². The number of ether oxygens (including phenoxy) is 2. The number of imidazole rings is 2. The summed E-state index contributed by atoms with van der Waals surface area (Å²) in [6.07, 6.45) is 5.03. The van der Waals surface area contributed by atoms with Crippen LogP contribution < -0.4 is 28.1 Å². The number of quaternary nitrogens is 1. The molecule has 43 heavy (non-hydrogen) atoms. The van der Waals surface area contributed by atoms with E-state index in [4.69, 9.17) is 37.4 Å². The maximum atomic E-state index is 12.1. The highest BCUT2D eigenvalue weighted by molar-refractivity contribution is 7.62. The Hall–Kier alpha value is -2.95. The molecule has 0 aromatic carbocycles. The normalized spacial score (nSPS) is 23.6. The molecule has 236 valence electrons. The minimum atomic E-state index is -4.49. The quantitative estimate of drug-likeness (QED) is 0.144. The average molecular weight is 662 g/mol. The van der Waals surface area contributed by atoms with Crippen molar-refractivity contribution in [1.82, 2.24) is 45.2 Å². The molecule has 0 spiro atoms. The third-order valence-electron chi connectivity index (χ3n) is 6.96. The molecule has 18 nitrogen and oxygen atoms in total. The van der Waals surface area contributed by atoms with Gasteiger partial charge >= 0.3 is 0 Å². The van der Waals surface area contributed by atoms with Crippen LogP contribution in [0.2, 0.25) is 5.15 Å². The second-order valence-corrected chi connectivity index (χ2v) is 16.0. The lowest BCUT2D eigenvalue weighted by molar-refractivity contribution is -0.204. The van der Waals surface area contributed by atoms with E-state index in [0.29, 0.717) is 29.8 Å². The first-order chi connectivity index (χ1) is 19.7. The highest BCUT2D eigenvalue weighted by Gasteiger charge is 2.34. The van der Waals surface area contributed by atoms with Gasteiger partial charge in [0.1, 0.15) is 24.3 Å². The Balaban J connectivity index is 0.000000192. The van der Waals surface area contributed by atoms with E-state index in [1.165, 1.54) is 6.33 Å². The molecular weight excluding hydrogens is 628 g/mol. The van der Waals surface area contributed by atoms with Gasteiger partial charge in [-0.15, -0.1) is 0 Å². The molecule has 6 heterocycles. The third kappa shape index (κ3) is 7.41. The van der Waals surface area contributed by atoms with Crippen LogP contribution >= 0.6 is 26.3 Å². The minimum absolute atomic E-state index is 0. The van der Waals surface area contributed by atoms with Gasteiger partial charge in [-0.05, 0) is 39.0 Å². The molecule has 2 saturated heterocycles. The number of halogens is 1. The molecule has 4 aromatic heterocycles. The fraction of sp³-hybridized carbons (Fsp3) is 0.545.